The first kappa shape index (κ1) is 26.7. The smallest absolute Gasteiger partial charge is 0.343 e. The van der Waals surface area contributed by atoms with Gasteiger partial charge in [0, 0.05) is 18.1 Å². The number of cyclic esters (lactones) is 1. The summed E-state index contributed by atoms with van der Waals surface area (Å²) in [6.45, 7) is 5.93. The van der Waals surface area contributed by atoms with E-state index in [9.17, 15) is 14.4 Å². The predicted octanol–water partition coefficient (Wildman–Crippen LogP) is 5.68. The van der Waals surface area contributed by atoms with Gasteiger partial charge in [-0.15, -0.1) is 0 Å². The average Bonchev–Trinajstić information content (AvgIpc) is 3.23. The maximum atomic E-state index is 12.6. The van der Waals surface area contributed by atoms with Crippen LogP contribution in [0.1, 0.15) is 61.4 Å². The maximum Gasteiger partial charge on any atom is 0.343 e. The third kappa shape index (κ3) is 7.83. The molecule has 36 heavy (non-hydrogen) atoms. The van der Waals surface area contributed by atoms with Gasteiger partial charge in [-0.1, -0.05) is 44.9 Å². The Morgan fingerprint density at radius 2 is 1.75 bits per heavy atom. The van der Waals surface area contributed by atoms with E-state index in [0.717, 1.165) is 37.7 Å². The lowest BCUT2D eigenvalue weighted by atomic mass is 10.0. The number of methoxy groups -OCH3 is 1. The first-order valence-corrected chi connectivity index (χ1v) is 12.1. The lowest BCUT2D eigenvalue weighted by Gasteiger charge is -2.24. The van der Waals surface area contributed by atoms with Crippen molar-refractivity contribution in [2.24, 2.45) is 0 Å². The van der Waals surface area contributed by atoms with E-state index in [2.05, 4.69) is 18.2 Å². The van der Waals surface area contributed by atoms with Crippen LogP contribution in [0.15, 0.2) is 66.8 Å². The van der Waals surface area contributed by atoms with Crippen LogP contribution < -0.4 is 9.47 Å². The lowest BCUT2D eigenvalue weighted by Crippen LogP contribution is -2.31. The van der Waals surface area contributed by atoms with E-state index in [-0.39, 0.29) is 18.2 Å². The second-order valence-electron chi connectivity index (χ2n) is 8.60. The molecule has 0 spiro atoms. The van der Waals surface area contributed by atoms with Crippen LogP contribution in [0.25, 0.3) is 6.08 Å². The van der Waals surface area contributed by atoms with Crippen molar-refractivity contribution in [3.05, 3.63) is 77.9 Å². The molecule has 0 saturated carbocycles. The molecule has 0 N–H and O–H groups in total. The minimum Gasteiger partial charge on any atom is -0.487 e. The number of hydrogen-bond donors (Lipinski definition) is 0. The summed E-state index contributed by atoms with van der Waals surface area (Å²) in [5.74, 6) is -0.354. The first-order valence-electron chi connectivity index (χ1n) is 12.1. The highest BCUT2D eigenvalue weighted by Crippen LogP contribution is 2.28. The van der Waals surface area contributed by atoms with E-state index in [0.29, 0.717) is 29.1 Å². The quantitative estimate of drug-likeness (QED) is 0.163. The van der Waals surface area contributed by atoms with Gasteiger partial charge in [0.25, 0.3) is 0 Å². The third-order valence-corrected chi connectivity index (χ3v) is 5.83. The summed E-state index contributed by atoms with van der Waals surface area (Å²) in [6, 6.07) is 13.4. The SMILES string of the molecule is C=C1CC(C(CCCCCC)Oc2ccc(C(=O)Oc3ccc(/C=C/C(=O)OC)cc3)cc2)OC1=O. The van der Waals surface area contributed by atoms with Gasteiger partial charge >= 0.3 is 17.9 Å². The summed E-state index contributed by atoms with van der Waals surface area (Å²) in [5.41, 5.74) is 1.60. The van der Waals surface area contributed by atoms with Crippen LogP contribution in [-0.4, -0.2) is 37.2 Å². The Morgan fingerprint density at radius 3 is 2.36 bits per heavy atom. The molecule has 1 aliphatic heterocycles. The number of unbranched alkanes of at least 4 members (excludes halogenated alkanes) is 3. The fourth-order valence-electron chi connectivity index (χ4n) is 3.78. The summed E-state index contributed by atoms with van der Waals surface area (Å²) >= 11 is 0. The normalized spacial score (nSPS) is 16.0. The minimum absolute atomic E-state index is 0.283. The molecule has 2 aromatic rings. The highest BCUT2D eigenvalue weighted by atomic mass is 16.6. The zero-order valence-electron chi connectivity index (χ0n) is 20.7. The molecule has 190 valence electrons. The van der Waals surface area contributed by atoms with Crippen molar-refractivity contribution in [3.63, 3.8) is 0 Å². The van der Waals surface area contributed by atoms with Crippen molar-refractivity contribution in [1.82, 2.24) is 0 Å². The Labute approximate surface area is 211 Å². The number of hydrogen-bond acceptors (Lipinski definition) is 7. The largest absolute Gasteiger partial charge is 0.487 e. The highest BCUT2D eigenvalue weighted by Gasteiger charge is 2.35. The molecule has 2 aromatic carbocycles. The van der Waals surface area contributed by atoms with Gasteiger partial charge in [-0.05, 0) is 60.9 Å². The number of carbonyl (C=O) groups is 3. The van der Waals surface area contributed by atoms with Crippen molar-refractivity contribution in [1.29, 1.82) is 0 Å². The number of esters is 3. The molecule has 0 aliphatic carbocycles. The Hall–Kier alpha value is -3.87. The molecular weight excluding hydrogens is 460 g/mol. The maximum absolute atomic E-state index is 12.6. The number of benzene rings is 2. The summed E-state index contributed by atoms with van der Waals surface area (Å²) < 4.78 is 21.7. The van der Waals surface area contributed by atoms with Gasteiger partial charge in [0.1, 0.15) is 23.7 Å². The van der Waals surface area contributed by atoms with Crippen LogP contribution in [0.5, 0.6) is 11.5 Å². The van der Waals surface area contributed by atoms with E-state index in [1.807, 2.05) is 0 Å². The van der Waals surface area contributed by atoms with Gasteiger partial charge in [-0.2, -0.15) is 0 Å². The summed E-state index contributed by atoms with van der Waals surface area (Å²) in [6.07, 6.45) is 7.84. The summed E-state index contributed by atoms with van der Waals surface area (Å²) in [5, 5.41) is 0. The summed E-state index contributed by atoms with van der Waals surface area (Å²) in [4.78, 5) is 35.6. The molecule has 0 aromatic heterocycles. The molecule has 1 aliphatic rings. The monoisotopic (exact) mass is 492 g/mol. The Kier molecular flexibility index (Phi) is 9.86. The van der Waals surface area contributed by atoms with Crippen LogP contribution in [0.4, 0.5) is 0 Å². The standard InChI is InChI=1S/C29H32O7/c1-4-5-6-7-8-25(26-19-20(2)28(31)36-26)34-23-16-12-22(13-17-23)29(32)35-24-14-9-21(10-15-24)11-18-27(30)33-3/h9-18,25-26H,2,4-8,19H2,1,3H3/b18-11+. The molecule has 2 atom stereocenters. The number of ether oxygens (including phenoxy) is 4. The van der Waals surface area contributed by atoms with E-state index < -0.39 is 11.9 Å². The second kappa shape index (κ2) is 13.3. The van der Waals surface area contributed by atoms with Crippen LogP contribution in [0.3, 0.4) is 0 Å². The van der Waals surface area contributed by atoms with Crippen molar-refractivity contribution in [2.75, 3.05) is 7.11 Å². The number of carbonyl (C=O) groups excluding carboxylic acids is 3. The van der Waals surface area contributed by atoms with Gasteiger partial charge in [0.15, 0.2) is 0 Å². The van der Waals surface area contributed by atoms with Crippen molar-refractivity contribution >= 4 is 24.0 Å². The topological polar surface area (TPSA) is 88.1 Å². The molecule has 3 rings (SSSR count). The zero-order valence-corrected chi connectivity index (χ0v) is 20.7. The highest BCUT2D eigenvalue weighted by molar-refractivity contribution is 5.91. The molecular formula is C29H32O7. The molecule has 7 nitrogen and oxygen atoms in total. The number of rotatable bonds is 12. The van der Waals surface area contributed by atoms with E-state index in [1.165, 1.54) is 13.2 Å². The van der Waals surface area contributed by atoms with E-state index in [1.54, 1.807) is 54.6 Å². The lowest BCUT2D eigenvalue weighted by molar-refractivity contribution is -0.142. The zero-order chi connectivity index (χ0) is 25.9. The average molecular weight is 493 g/mol. The molecule has 7 heteroatoms. The van der Waals surface area contributed by atoms with E-state index >= 15 is 0 Å². The Balaban J connectivity index is 1.59. The predicted molar refractivity (Wildman–Crippen MR) is 136 cm³/mol. The summed E-state index contributed by atoms with van der Waals surface area (Å²) in [7, 11) is 1.31. The van der Waals surface area contributed by atoms with Gasteiger partial charge in [0.2, 0.25) is 0 Å². The molecule has 1 heterocycles. The fraction of sp³-hybridized carbons (Fsp3) is 0.345. The first-order chi connectivity index (χ1) is 17.4. The van der Waals surface area contributed by atoms with Gasteiger partial charge in [-0.3, -0.25) is 0 Å². The Morgan fingerprint density at radius 1 is 1.06 bits per heavy atom. The minimum atomic E-state index is -0.503. The fourth-order valence-corrected chi connectivity index (χ4v) is 3.78. The van der Waals surface area contributed by atoms with Gasteiger partial charge in [0.05, 0.1) is 12.7 Å². The van der Waals surface area contributed by atoms with E-state index in [4.69, 9.17) is 14.2 Å². The Bertz CT molecular complexity index is 1070. The van der Waals surface area contributed by atoms with Crippen LogP contribution in [-0.2, 0) is 19.1 Å². The van der Waals surface area contributed by atoms with Gasteiger partial charge in [-0.25, -0.2) is 14.4 Å². The molecule has 0 radical (unpaired) electrons. The van der Waals surface area contributed by atoms with Crippen LogP contribution >= 0.6 is 0 Å². The second-order valence-corrected chi connectivity index (χ2v) is 8.60. The molecule has 1 fully saturated rings. The van der Waals surface area contributed by atoms with Crippen LogP contribution in [0, 0.1) is 0 Å². The van der Waals surface area contributed by atoms with Gasteiger partial charge < -0.3 is 18.9 Å². The molecule has 2 unspecified atom stereocenters. The van der Waals surface area contributed by atoms with Crippen molar-refractivity contribution < 1.29 is 33.3 Å². The molecule has 0 amide bonds. The van der Waals surface area contributed by atoms with Crippen LogP contribution in [0.2, 0.25) is 0 Å². The molecule has 0 bridgehead atoms. The molecule has 1 saturated heterocycles. The van der Waals surface area contributed by atoms with Crippen molar-refractivity contribution in [2.45, 2.75) is 57.7 Å². The third-order valence-electron chi connectivity index (χ3n) is 5.83. The van der Waals surface area contributed by atoms with Crippen molar-refractivity contribution in [3.8, 4) is 11.5 Å².